The number of ether oxygens (including phenoxy) is 2. The van der Waals surface area contributed by atoms with E-state index in [-0.39, 0.29) is 6.04 Å². The van der Waals surface area contributed by atoms with Gasteiger partial charge in [-0.05, 0) is 54.5 Å². The van der Waals surface area contributed by atoms with Crippen molar-refractivity contribution in [2.75, 3.05) is 45.3 Å². The van der Waals surface area contributed by atoms with E-state index in [1.165, 1.54) is 11.1 Å². The number of benzene rings is 2. The van der Waals surface area contributed by atoms with Gasteiger partial charge in [-0.25, -0.2) is 0 Å². The number of aryl methyl sites for hydroxylation is 1. The summed E-state index contributed by atoms with van der Waals surface area (Å²) >= 11 is 5.50. The highest BCUT2D eigenvalue weighted by Crippen LogP contribution is 2.23. The molecule has 2 aromatic carbocycles. The average Bonchev–Trinajstić information content (AvgIpc) is 2.69. The lowest BCUT2D eigenvalue weighted by Crippen LogP contribution is -2.44. The molecule has 0 saturated carbocycles. The highest BCUT2D eigenvalue weighted by atomic mass is 32.1. The van der Waals surface area contributed by atoms with Gasteiger partial charge in [-0.15, -0.1) is 0 Å². The van der Waals surface area contributed by atoms with Crippen LogP contribution in [-0.4, -0.2) is 50.0 Å². The van der Waals surface area contributed by atoms with E-state index >= 15 is 0 Å². The molecule has 0 radical (unpaired) electrons. The highest BCUT2D eigenvalue weighted by Gasteiger charge is 2.22. The zero-order valence-corrected chi connectivity index (χ0v) is 16.7. The number of hydrogen-bond acceptors (Lipinski definition) is 4. The van der Waals surface area contributed by atoms with Gasteiger partial charge in [0.1, 0.15) is 5.75 Å². The number of methoxy groups -OCH3 is 1. The topological polar surface area (TPSA) is 45.8 Å². The van der Waals surface area contributed by atoms with Gasteiger partial charge < -0.3 is 20.1 Å². The number of rotatable bonds is 6. The van der Waals surface area contributed by atoms with Gasteiger partial charge in [-0.3, -0.25) is 4.90 Å². The van der Waals surface area contributed by atoms with Crippen molar-refractivity contribution in [3.63, 3.8) is 0 Å². The standard InChI is InChI=1S/C21H27N3O2S/c1-16-4-3-5-18(14-16)23-21(27)22-15-20(24-10-12-26-13-11-24)17-6-8-19(25-2)9-7-17/h3-9,14,20H,10-13,15H2,1-2H3,(H2,22,23,27)/t20-/m1/s1. The average molecular weight is 386 g/mol. The zero-order valence-electron chi connectivity index (χ0n) is 15.9. The Hall–Kier alpha value is -2.15. The molecule has 0 aromatic heterocycles. The van der Waals surface area contributed by atoms with E-state index in [4.69, 9.17) is 21.7 Å². The van der Waals surface area contributed by atoms with E-state index in [2.05, 4.69) is 46.7 Å². The second-order valence-corrected chi connectivity index (χ2v) is 7.05. The molecule has 1 atom stereocenters. The molecule has 27 heavy (non-hydrogen) atoms. The molecule has 0 bridgehead atoms. The molecule has 0 aliphatic carbocycles. The number of anilines is 1. The summed E-state index contributed by atoms with van der Waals surface area (Å²) in [5, 5.41) is 7.28. The van der Waals surface area contributed by atoms with Crippen LogP contribution in [0, 0.1) is 6.92 Å². The first kappa shape index (κ1) is 19.6. The molecule has 6 heteroatoms. The maximum absolute atomic E-state index is 5.52. The molecule has 2 N–H and O–H groups in total. The van der Waals surface area contributed by atoms with Crippen LogP contribution in [0.2, 0.25) is 0 Å². The van der Waals surface area contributed by atoms with Crippen LogP contribution < -0.4 is 15.4 Å². The zero-order chi connectivity index (χ0) is 19.1. The molecule has 3 rings (SSSR count). The summed E-state index contributed by atoms with van der Waals surface area (Å²) in [6, 6.07) is 16.7. The van der Waals surface area contributed by atoms with E-state index in [9.17, 15) is 0 Å². The number of thiocarbonyl (C=S) groups is 1. The molecule has 0 spiro atoms. The normalized spacial score (nSPS) is 15.8. The fraction of sp³-hybridized carbons (Fsp3) is 0.381. The minimum Gasteiger partial charge on any atom is -0.497 e. The predicted octanol–water partition coefficient (Wildman–Crippen LogP) is 3.36. The number of morpholine rings is 1. The van der Waals surface area contributed by atoms with Gasteiger partial charge in [0.2, 0.25) is 0 Å². The molecule has 0 amide bonds. The van der Waals surface area contributed by atoms with Crippen molar-refractivity contribution in [3.8, 4) is 5.75 Å². The van der Waals surface area contributed by atoms with Gasteiger partial charge in [0.25, 0.3) is 0 Å². The van der Waals surface area contributed by atoms with Crippen LogP contribution in [0.3, 0.4) is 0 Å². The SMILES string of the molecule is COc1ccc([C@@H](CNC(=S)Nc2cccc(C)c2)N2CCOCC2)cc1. The molecule has 1 fully saturated rings. The van der Waals surface area contributed by atoms with Crippen LogP contribution in [0.15, 0.2) is 48.5 Å². The molecule has 1 saturated heterocycles. The second kappa shape index (κ2) is 9.69. The Morgan fingerprint density at radius 3 is 2.59 bits per heavy atom. The lowest BCUT2D eigenvalue weighted by molar-refractivity contribution is 0.0170. The molecule has 1 heterocycles. The van der Waals surface area contributed by atoms with Crippen LogP contribution in [0.1, 0.15) is 17.2 Å². The monoisotopic (exact) mass is 385 g/mol. The molecule has 5 nitrogen and oxygen atoms in total. The molecule has 144 valence electrons. The van der Waals surface area contributed by atoms with Gasteiger partial charge in [0.15, 0.2) is 5.11 Å². The van der Waals surface area contributed by atoms with Crippen molar-refractivity contribution < 1.29 is 9.47 Å². The molecule has 0 unspecified atom stereocenters. The minimum atomic E-state index is 0.220. The molecular formula is C21H27N3O2S. The third kappa shape index (κ3) is 5.66. The Morgan fingerprint density at radius 2 is 1.93 bits per heavy atom. The first-order valence-corrected chi connectivity index (χ1v) is 9.64. The Labute approximate surface area is 166 Å². The largest absolute Gasteiger partial charge is 0.497 e. The Bertz CT molecular complexity index is 745. The van der Waals surface area contributed by atoms with Crippen LogP contribution >= 0.6 is 12.2 Å². The molecule has 1 aliphatic heterocycles. The fourth-order valence-electron chi connectivity index (χ4n) is 3.26. The summed E-state index contributed by atoms with van der Waals surface area (Å²) < 4.78 is 10.8. The summed E-state index contributed by atoms with van der Waals surface area (Å²) in [5.74, 6) is 0.865. The van der Waals surface area contributed by atoms with Crippen molar-refractivity contribution in [2.45, 2.75) is 13.0 Å². The maximum atomic E-state index is 5.52. The highest BCUT2D eigenvalue weighted by molar-refractivity contribution is 7.80. The quantitative estimate of drug-likeness (QED) is 0.744. The van der Waals surface area contributed by atoms with Gasteiger partial charge in [-0.1, -0.05) is 24.3 Å². The van der Waals surface area contributed by atoms with Crippen molar-refractivity contribution in [3.05, 3.63) is 59.7 Å². The smallest absolute Gasteiger partial charge is 0.170 e. The number of hydrogen-bond donors (Lipinski definition) is 2. The lowest BCUT2D eigenvalue weighted by atomic mass is 10.0. The van der Waals surface area contributed by atoms with E-state index in [0.717, 1.165) is 44.3 Å². The maximum Gasteiger partial charge on any atom is 0.170 e. The lowest BCUT2D eigenvalue weighted by Gasteiger charge is -2.35. The van der Waals surface area contributed by atoms with Crippen LogP contribution in [0.5, 0.6) is 5.75 Å². The van der Waals surface area contributed by atoms with Gasteiger partial charge in [-0.2, -0.15) is 0 Å². The summed E-state index contributed by atoms with van der Waals surface area (Å²) in [5.41, 5.74) is 3.44. The third-order valence-corrected chi connectivity index (χ3v) is 4.97. The van der Waals surface area contributed by atoms with Crippen LogP contribution in [0.25, 0.3) is 0 Å². The van der Waals surface area contributed by atoms with Gasteiger partial charge in [0.05, 0.1) is 26.4 Å². The van der Waals surface area contributed by atoms with E-state index < -0.39 is 0 Å². The van der Waals surface area contributed by atoms with E-state index in [0.29, 0.717) is 5.11 Å². The fourth-order valence-corrected chi connectivity index (χ4v) is 3.46. The van der Waals surface area contributed by atoms with E-state index in [1.807, 2.05) is 24.3 Å². The molecular weight excluding hydrogens is 358 g/mol. The first-order valence-electron chi connectivity index (χ1n) is 9.23. The van der Waals surface area contributed by atoms with Crippen LogP contribution in [-0.2, 0) is 4.74 Å². The first-order chi connectivity index (χ1) is 13.2. The van der Waals surface area contributed by atoms with Crippen molar-refractivity contribution in [2.24, 2.45) is 0 Å². The minimum absolute atomic E-state index is 0.220. The van der Waals surface area contributed by atoms with Crippen molar-refractivity contribution >= 4 is 23.0 Å². The third-order valence-electron chi connectivity index (χ3n) is 4.72. The Kier molecular flexibility index (Phi) is 7.04. The summed E-state index contributed by atoms with van der Waals surface area (Å²) in [6.07, 6.45) is 0. The number of nitrogens with one attached hydrogen (secondary N) is 2. The Balaban J connectivity index is 1.65. The van der Waals surface area contributed by atoms with Crippen LogP contribution in [0.4, 0.5) is 5.69 Å². The predicted molar refractivity (Wildman–Crippen MR) is 114 cm³/mol. The second-order valence-electron chi connectivity index (χ2n) is 6.64. The Morgan fingerprint density at radius 1 is 1.19 bits per heavy atom. The summed E-state index contributed by atoms with van der Waals surface area (Å²) in [6.45, 7) is 6.15. The molecule has 1 aliphatic rings. The summed E-state index contributed by atoms with van der Waals surface area (Å²) in [7, 11) is 1.69. The van der Waals surface area contributed by atoms with Crippen molar-refractivity contribution in [1.29, 1.82) is 0 Å². The van der Waals surface area contributed by atoms with Crippen molar-refractivity contribution in [1.82, 2.24) is 10.2 Å². The molecule has 2 aromatic rings. The van der Waals surface area contributed by atoms with E-state index in [1.54, 1.807) is 7.11 Å². The number of nitrogens with zero attached hydrogens (tertiary/aromatic N) is 1. The summed E-state index contributed by atoms with van der Waals surface area (Å²) in [4.78, 5) is 2.44. The van der Waals surface area contributed by atoms with Gasteiger partial charge >= 0.3 is 0 Å². The van der Waals surface area contributed by atoms with Gasteiger partial charge in [0, 0.05) is 25.3 Å².